The lowest BCUT2D eigenvalue weighted by molar-refractivity contribution is -0.137. The first kappa shape index (κ1) is 14.8. The molecule has 0 saturated carbocycles. The van der Waals surface area contributed by atoms with Crippen molar-refractivity contribution < 1.29 is 18.0 Å². The third-order valence-corrected chi connectivity index (χ3v) is 3.58. The van der Waals surface area contributed by atoms with E-state index in [1.54, 1.807) is 0 Å². The van der Waals surface area contributed by atoms with Crippen LogP contribution in [0.1, 0.15) is 37.8 Å². The van der Waals surface area contributed by atoms with Gasteiger partial charge in [0.25, 0.3) is 0 Å². The second kappa shape index (κ2) is 5.83. The van der Waals surface area contributed by atoms with Gasteiger partial charge in [0.15, 0.2) is 11.6 Å². The first-order valence-corrected chi connectivity index (χ1v) is 6.65. The Labute approximate surface area is 115 Å². The average molecular weight is 286 g/mol. The minimum atomic E-state index is -1.25. The van der Waals surface area contributed by atoms with Gasteiger partial charge < -0.3 is 10.6 Å². The smallest absolute Gasteiger partial charge is 0.223 e. The van der Waals surface area contributed by atoms with E-state index >= 15 is 0 Å². The van der Waals surface area contributed by atoms with Crippen LogP contribution >= 0.6 is 0 Å². The molecule has 1 aromatic carbocycles. The Hall–Kier alpha value is -1.56. The van der Waals surface area contributed by atoms with E-state index in [0.717, 1.165) is 6.07 Å². The highest BCUT2D eigenvalue weighted by Gasteiger charge is 2.36. The Balaban J connectivity index is 2.45. The third kappa shape index (κ3) is 2.65. The molecule has 2 atom stereocenters. The summed E-state index contributed by atoms with van der Waals surface area (Å²) in [7, 11) is 0. The average Bonchev–Trinajstić information content (AvgIpc) is 2.39. The van der Waals surface area contributed by atoms with E-state index in [1.165, 1.54) is 4.90 Å². The molecule has 1 aliphatic heterocycles. The van der Waals surface area contributed by atoms with Gasteiger partial charge in [0, 0.05) is 30.6 Å². The molecule has 0 bridgehead atoms. The minimum absolute atomic E-state index is 0.0575. The summed E-state index contributed by atoms with van der Waals surface area (Å²) in [6.07, 6.45) is 1.38. The van der Waals surface area contributed by atoms with Crippen LogP contribution in [0.2, 0.25) is 0 Å². The van der Waals surface area contributed by atoms with E-state index in [9.17, 15) is 18.0 Å². The Morgan fingerprint density at radius 2 is 1.90 bits per heavy atom. The van der Waals surface area contributed by atoms with Gasteiger partial charge in [-0.15, -0.1) is 0 Å². The fourth-order valence-electron chi connectivity index (χ4n) is 2.65. The summed E-state index contributed by atoms with van der Waals surface area (Å²) >= 11 is 0. The Morgan fingerprint density at radius 3 is 2.55 bits per heavy atom. The molecule has 1 aliphatic rings. The lowest BCUT2D eigenvalue weighted by Crippen LogP contribution is -2.49. The molecule has 0 radical (unpaired) electrons. The molecule has 2 N–H and O–H groups in total. The number of piperidine rings is 1. The van der Waals surface area contributed by atoms with Crippen LogP contribution in [0.5, 0.6) is 0 Å². The lowest BCUT2D eigenvalue weighted by Gasteiger charge is -2.40. The van der Waals surface area contributed by atoms with Gasteiger partial charge in [-0.3, -0.25) is 4.79 Å². The first-order valence-electron chi connectivity index (χ1n) is 6.65. The quantitative estimate of drug-likeness (QED) is 0.868. The largest absolute Gasteiger partial charge is 0.334 e. The van der Waals surface area contributed by atoms with Crippen LogP contribution in [0.15, 0.2) is 12.1 Å². The van der Waals surface area contributed by atoms with Crippen molar-refractivity contribution in [3.05, 3.63) is 35.1 Å². The highest BCUT2D eigenvalue weighted by Crippen LogP contribution is 2.33. The Kier molecular flexibility index (Phi) is 4.32. The predicted molar refractivity (Wildman–Crippen MR) is 68.3 cm³/mol. The zero-order valence-corrected chi connectivity index (χ0v) is 11.2. The number of nitrogens with zero attached hydrogens (tertiary/aromatic N) is 1. The molecule has 3 nitrogen and oxygen atoms in total. The fourth-order valence-corrected chi connectivity index (χ4v) is 2.65. The van der Waals surface area contributed by atoms with Crippen molar-refractivity contribution >= 4 is 5.91 Å². The molecule has 1 amide bonds. The van der Waals surface area contributed by atoms with Crippen molar-refractivity contribution in [3.63, 3.8) is 0 Å². The van der Waals surface area contributed by atoms with Crippen molar-refractivity contribution in [1.29, 1.82) is 0 Å². The van der Waals surface area contributed by atoms with E-state index in [2.05, 4.69) is 0 Å². The Bertz CT molecular complexity index is 521. The number of benzene rings is 1. The van der Waals surface area contributed by atoms with E-state index < -0.39 is 29.5 Å². The molecule has 110 valence electrons. The van der Waals surface area contributed by atoms with Crippen LogP contribution in [0.3, 0.4) is 0 Å². The van der Waals surface area contributed by atoms with E-state index in [-0.39, 0.29) is 11.5 Å². The topological polar surface area (TPSA) is 46.3 Å². The zero-order chi connectivity index (χ0) is 14.9. The Morgan fingerprint density at radius 1 is 1.25 bits per heavy atom. The molecular formula is C14H17F3N2O. The molecule has 2 rings (SSSR count). The first-order chi connectivity index (χ1) is 9.45. The maximum Gasteiger partial charge on any atom is 0.223 e. The van der Waals surface area contributed by atoms with Crippen molar-refractivity contribution in [3.8, 4) is 0 Å². The van der Waals surface area contributed by atoms with E-state index in [0.29, 0.717) is 31.9 Å². The third-order valence-electron chi connectivity index (χ3n) is 3.58. The van der Waals surface area contributed by atoms with Gasteiger partial charge in [0.05, 0.1) is 6.04 Å². The van der Waals surface area contributed by atoms with Gasteiger partial charge in [-0.05, 0) is 18.9 Å². The summed E-state index contributed by atoms with van der Waals surface area (Å²) in [4.78, 5) is 13.4. The SMILES string of the molecule is CCCN1C(=O)CCC(N)C1c1cc(F)c(F)cc1F. The summed E-state index contributed by atoms with van der Waals surface area (Å²) in [6, 6.07) is 0.0711. The molecule has 1 fully saturated rings. The number of carbonyl (C=O) groups excluding carboxylic acids is 1. The van der Waals surface area contributed by atoms with Crippen LogP contribution < -0.4 is 5.73 Å². The summed E-state index contributed by atoms with van der Waals surface area (Å²) < 4.78 is 40.3. The van der Waals surface area contributed by atoms with Gasteiger partial charge in [0.1, 0.15) is 5.82 Å². The monoisotopic (exact) mass is 286 g/mol. The zero-order valence-electron chi connectivity index (χ0n) is 11.2. The molecule has 1 saturated heterocycles. The van der Waals surface area contributed by atoms with Crippen molar-refractivity contribution in [2.45, 2.75) is 38.3 Å². The van der Waals surface area contributed by atoms with Crippen molar-refractivity contribution in [2.24, 2.45) is 5.73 Å². The maximum absolute atomic E-state index is 13.9. The fraction of sp³-hybridized carbons (Fsp3) is 0.500. The molecular weight excluding hydrogens is 269 g/mol. The second-order valence-corrected chi connectivity index (χ2v) is 5.02. The van der Waals surface area contributed by atoms with Crippen LogP contribution in [0, 0.1) is 17.5 Å². The number of carbonyl (C=O) groups is 1. The summed E-state index contributed by atoms with van der Waals surface area (Å²) in [6.45, 7) is 2.29. The number of hydrogen-bond acceptors (Lipinski definition) is 2. The summed E-state index contributed by atoms with van der Waals surface area (Å²) in [5, 5.41) is 0. The minimum Gasteiger partial charge on any atom is -0.334 e. The normalized spacial score (nSPS) is 23.2. The van der Waals surface area contributed by atoms with Crippen LogP contribution in [-0.2, 0) is 4.79 Å². The predicted octanol–water partition coefficient (Wildman–Crippen LogP) is 2.50. The van der Waals surface area contributed by atoms with Crippen LogP contribution in [0.25, 0.3) is 0 Å². The number of halogens is 3. The molecule has 2 unspecified atom stereocenters. The van der Waals surface area contributed by atoms with Crippen LogP contribution in [-0.4, -0.2) is 23.4 Å². The molecule has 1 heterocycles. The maximum atomic E-state index is 13.9. The van der Waals surface area contributed by atoms with Crippen LogP contribution in [0.4, 0.5) is 13.2 Å². The van der Waals surface area contributed by atoms with E-state index in [4.69, 9.17) is 5.73 Å². The highest BCUT2D eigenvalue weighted by molar-refractivity contribution is 5.78. The summed E-state index contributed by atoms with van der Waals surface area (Å²) in [5.74, 6) is -3.39. The highest BCUT2D eigenvalue weighted by atomic mass is 19.2. The van der Waals surface area contributed by atoms with Gasteiger partial charge in [0.2, 0.25) is 5.91 Å². The van der Waals surface area contributed by atoms with E-state index in [1.807, 2.05) is 6.92 Å². The molecule has 20 heavy (non-hydrogen) atoms. The standard InChI is InChI=1S/C14H17F3N2O/c1-2-5-19-13(20)4-3-12(18)14(19)8-6-10(16)11(17)7-9(8)15/h6-7,12,14H,2-5,18H2,1H3. The molecule has 1 aromatic rings. The number of likely N-dealkylation sites (tertiary alicyclic amines) is 1. The van der Waals surface area contributed by atoms with Gasteiger partial charge >= 0.3 is 0 Å². The number of rotatable bonds is 3. The molecule has 6 heteroatoms. The van der Waals surface area contributed by atoms with Gasteiger partial charge in [-0.1, -0.05) is 6.92 Å². The molecule has 0 aromatic heterocycles. The van der Waals surface area contributed by atoms with Gasteiger partial charge in [-0.25, -0.2) is 13.2 Å². The van der Waals surface area contributed by atoms with Gasteiger partial charge in [-0.2, -0.15) is 0 Å². The number of amides is 1. The molecule has 0 spiro atoms. The summed E-state index contributed by atoms with van der Waals surface area (Å²) in [5.41, 5.74) is 5.92. The number of hydrogen-bond donors (Lipinski definition) is 1. The van der Waals surface area contributed by atoms with Crippen molar-refractivity contribution in [1.82, 2.24) is 4.90 Å². The second-order valence-electron chi connectivity index (χ2n) is 5.02. The number of nitrogens with two attached hydrogens (primary N) is 1. The lowest BCUT2D eigenvalue weighted by atomic mass is 9.90. The van der Waals surface area contributed by atoms with Crippen molar-refractivity contribution in [2.75, 3.05) is 6.54 Å². The molecule has 0 aliphatic carbocycles.